The number of nitrogens with one attached hydrogen (secondary N) is 2. The van der Waals surface area contributed by atoms with Gasteiger partial charge in [-0.25, -0.2) is 0 Å². The maximum atomic E-state index is 11.4. The topological polar surface area (TPSA) is 75.3 Å². The number of Topliss-reactive ketones (excluding diaryl/α,β-unsaturated/α-hetero) is 1. The third kappa shape index (κ3) is 2.78. The van der Waals surface area contributed by atoms with Crippen LogP contribution < -0.4 is 10.6 Å². The molecule has 2 N–H and O–H groups in total. The van der Waals surface area contributed by atoms with Crippen LogP contribution in [0.5, 0.6) is 0 Å². The van der Waals surface area contributed by atoms with Crippen LogP contribution >= 0.6 is 0 Å². The zero-order valence-electron chi connectivity index (χ0n) is 9.00. The molecule has 5 nitrogen and oxygen atoms in total. The SMILES string of the molecule is CNC(=O)C(=O)C(C)C[C@@H]1CCNC1=O. The van der Waals surface area contributed by atoms with Crippen LogP contribution in [0.2, 0.25) is 0 Å². The van der Waals surface area contributed by atoms with Crippen molar-refractivity contribution in [2.24, 2.45) is 11.8 Å². The van der Waals surface area contributed by atoms with E-state index in [0.717, 1.165) is 6.42 Å². The minimum Gasteiger partial charge on any atom is -0.356 e. The standard InChI is InChI=1S/C10H16N2O3/c1-6(8(13)10(15)11-2)5-7-3-4-12-9(7)14/h6-7H,3-5H2,1-2H3,(H,11,15)(H,12,14)/t6?,7-/m0/s1. The van der Waals surface area contributed by atoms with Crippen molar-refractivity contribution in [2.75, 3.05) is 13.6 Å². The van der Waals surface area contributed by atoms with E-state index in [4.69, 9.17) is 0 Å². The lowest BCUT2D eigenvalue weighted by molar-refractivity contribution is -0.140. The first kappa shape index (κ1) is 11.7. The first-order valence-electron chi connectivity index (χ1n) is 5.10. The van der Waals surface area contributed by atoms with Gasteiger partial charge in [0.25, 0.3) is 5.91 Å². The molecule has 2 amide bonds. The Kier molecular flexibility index (Phi) is 3.82. The van der Waals surface area contributed by atoms with Crippen LogP contribution in [-0.2, 0) is 14.4 Å². The molecule has 1 rings (SSSR count). The van der Waals surface area contributed by atoms with Gasteiger partial charge in [-0.05, 0) is 12.8 Å². The monoisotopic (exact) mass is 212 g/mol. The summed E-state index contributed by atoms with van der Waals surface area (Å²) in [5, 5.41) is 5.00. The Bertz CT molecular complexity index is 288. The van der Waals surface area contributed by atoms with Crippen molar-refractivity contribution in [1.29, 1.82) is 0 Å². The van der Waals surface area contributed by atoms with Crippen LogP contribution in [0.15, 0.2) is 0 Å². The van der Waals surface area contributed by atoms with E-state index in [9.17, 15) is 14.4 Å². The van der Waals surface area contributed by atoms with Gasteiger partial charge in [0.1, 0.15) is 0 Å². The Morgan fingerprint density at radius 1 is 1.60 bits per heavy atom. The van der Waals surface area contributed by atoms with E-state index in [2.05, 4.69) is 10.6 Å². The van der Waals surface area contributed by atoms with Gasteiger partial charge in [0, 0.05) is 25.4 Å². The molecule has 0 aromatic heterocycles. The van der Waals surface area contributed by atoms with Crippen molar-refractivity contribution < 1.29 is 14.4 Å². The van der Waals surface area contributed by atoms with Gasteiger partial charge in [-0.3, -0.25) is 14.4 Å². The maximum Gasteiger partial charge on any atom is 0.287 e. The normalized spacial score (nSPS) is 22.0. The zero-order chi connectivity index (χ0) is 11.4. The van der Waals surface area contributed by atoms with E-state index in [1.165, 1.54) is 7.05 Å². The van der Waals surface area contributed by atoms with Gasteiger partial charge >= 0.3 is 0 Å². The number of amides is 2. The van der Waals surface area contributed by atoms with Crippen molar-refractivity contribution in [3.63, 3.8) is 0 Å². The van der Waals surface area contributed by atoms with Crippen LogP contribution in [-0.4, -0.2) is 31.2 Å². The number of rotatable bonds is 4. The fraction of sp³-hybridized carbons (Fsp3) is 0.700. The smallest absolute Gasteiger partial charge is 0.287 e. The van der Waals surface area contributed by atoms with Crippen molar-refractivity contribution in [3.05, 3.63) is 0 Å². The predicted octanol–water partition coefficient (Wildman–Crippen LogP) is -0.536. The van der Waals surface area contributed by atoms with Crippen molar-refractivity contribution in [2.45, 2.75) is 19.8 Å². The molecule has 15 heavy (non-hydrogen) atoms. The van der Waals surface area contributed by atoms with Gasteiger partial charge in [0.15, 0.2) is 0 Å². The minimum absolute atomic E-state index is 0.00782. The van der Waals surface area contributed by atoms with Crippen LogP contribution in [0, 0.1) is 11.8 Å². The molecule has 0 radical (unpaired) electrons. The quantitative estimate of drug-likeness (QED) is 0.615. The lowest BCUT2D eigenvalue weighted by atomic mass is 9.91. The summed E-state index contributed by atoms with van der Waals surface area (Å²) in [5.41, 5.74) is 0. The molecular formula is C10H16N2O3. The summed E-state index contributed by atoms with van der Waals surface area (Å²) in [7, 11) is 1.43. The summed E-state index contributed by atoms with van der Waals surface area (Å²) >= 11 is 0. The summed E-state index contributed by atoms with van der Waals surface area (Å²) < 4.78 is 0. The molecule has 1 heterocycles. The lowest BCUT2D eigenvalue weighted by Gasteiger charge is -2.12. The van der Waals surface area contributed by atoms with Crippen molar-refractivity contribution in [3.8, 4) is 0 Å². The second kappa shape index (κ2) is 4.91. The summed E-state index contributed by atoms with van der Waals surface area (Å²) in [6.45, 7) is 2.35. The zero-order valence-corrected chi connectivity index (χ0v) is 9.00. The molecule has 1 unspecified atom stereocenters. The predicted molar refractivity (Wildman–Crippen MR) is 54.0 cm³/mol. The van der Waals surface area contributed by atoms with Crippen molar-refractivity contribution in [1.82, 2.24) is 10.6 Å². The van der Waals surface area contributed by atoms with Crippen LogP contribution in [0.3, 0.4) is 0 Å². The van der Waals surface area contributed by atoms with Gasteiger partial charge in [-0.15, -0.1) is 0 Å². The first-order chi connectivity index (χ1) is 7.06. The number of carbonyl (C=O) groups excluding carboxylic acids is 3. The van der Waals surface area contributed by atoms with E-state index in [-0.39, 0.29) is 11.8 Å². The third-order valence-corrected chi connectivity index (χ3v) is 2.70. The van der Waals surface area contributed by atoms with E-state index in [1.807, 2.05) is 0 Å². The Labute approximate surface area is 88.6 Å². The first-order valence-corrected chi connectivity index (χ1v) is 5.10. The van der Waals surface area contributed by atoms with E-state index >= 15 is 0 Å². The van der Waals surface area contributed by atoms with Crippen LogP contribution in [0.4, 0.5) is 0 Å². The number of hydrogen-bond donors (Lipinski definition) is 2. The molecule has 0 bridgehead atoms. The molecule has 2 atom stereocenters. The summed E-state index contributed by atoms with van der Waals surface area (Å²) in [6, 6.07) is 0. The molecule has 1 fully saturated rings. The van der Waals surface area contributed by atoms with Gasteiger partial charge < -0.3 is 10.6 Å². The van der Waals surface area contributed by atoms with Gasteiger partial charge in [-0.1, -0.05) is 6.92 Å². The highest BCUT2D eigenvalue weighted by Gasteiger charge is 2.29. The van der Waals surface area contributed by atoms with E-state index in [0.29, 0.717) is 13.0 Å². The Morgan fingerprint density at radius 3 is 2.73 bits per heavy atom. The molecule has 0 saturated carbocycles. The van der Waals surface area contributed by atoms with Crippen LogP contribution in [0.25, 0.3) is 0 Å². The highest BCUT2D eigenvalue weighted by Crippen LogP contribution is 2.19. The molecular weight excluding hydrogens is 196 g/mol. The summed E-state index contributed by atoms with van der Waals surface area (Å²) in [4.78, 5) is 33.7. The average molecular weight is 212 g/mol. The number of carbonyl (C=O) groups is 3. The molecule has 0 aromatic carbocycles. The highest BCUT2D eigenvalue weighted by molar-refractivity contribution is 6.36. The maximum absolute atomic E-state index is 11.4. The number of likely N-dealkylation sites (N-methyl/N-ethyl adjacent to an activating group) is 1. The van der Waals surface area contributed by atoms with Gasteiger partial charge in [0.05, 0.1) is 0 Å². The fourth-order valence-corrected chi connectivity index (χ4v) is 1.75. The molecule has 1 saturated heterocycles. The summed E-state index contributed by atoms with van der Waals surface area (Å²) in [5.74, 6) is -1.54. The molecule has 1 aliphatic rings. The Morgan fingerprint density at radius 2 is 2.27 bits per heavy atom. The molecule has 0 aromatic rings. The third-order valence-electron chi connectivity index (χ3n) is 2.70. The molecule has 84 valence electrons. The van der Waals surface area contributed by atoms with Gasteiger partial charge in [-0.2, -0.15) is 0 Å². The lowest BCUT2D eigenvalue weighted by Crippen LogP contribution is -2.33. The molecule has 0 aliphatic carbocycles. The number of hydrogen-bond acceptors (Lipinski definition) is 3. The van der Waals surface area contributed by atoms with E-state index < -0.39 is 17.6 Å². The van der Waals surface area contributed by atoms with Crippen LogP contribution in [0.1, 0.15) is 19.8 Å². The largest absolute Gasteiger partial charge is 0.356 e. The van der Waals surface area contributed by atoms with E-state index in [1.54, 1.807) is 6.92 Å². The second-order valence-corrected chi connectivity index (χ2v) is 3.86. The Hall–Kier alpha value is -1.39. The second-order valence-electron chi connectivity index (χ2n) is 3.86. The molecule has 1 aliphatic heterocycles. The fourth-order valence-electron chi connectivity index (χ4n) is 1.75. The highest BCUT2D eigenvalue weighted by atomic mass is 16.2. The molecule has 0 spiro atoms. The average Bonchev–Trinajstić information content (AvgIpc) is 2.62. The minimum atomic E-state index is -0.582. The Balaban J connectivity index is 2.47. The van der Waals surface area contributed by atoms with Gasteiger partial charge in [0.2, 0.25) is 11.7 Å². The summed E-state index contributed by atoms with van der Waals surface area (Å²) in [6.07, 6.45) is 1.21. The van der Waals surface area contributed by atoms with Crippen molar-refractivity contribution >= 4 is 17.6 Å². The molecule has 5 heteroatoms. The number of ketones is 1.